The van der Waals surface area contributed by atoms with Crippen molar-refractivity contribution in [3.63, 3.8) is 0 Å². The summed E-state index contributed by atoms with van der Waals surface area (Å²) in [7, 11) is 0. The van der Waals surface area contributed by atoms with E-state index in [0.29, 0.717) is 25.3 Å². The SMILES string of the molecule is CCc1nc2ccccn2c1C(=O)NCCOCCO. The summed E-state index contributed by atoms with van der Waals surface area (Å²) in [6.45, 7) is 3.03. The monoisotopic (exact) mass is 277 g/mol. The van der Waals surface area contributed by atoms with Gasteiger partial charge in [0.25, 0.3) is 5.91 Å². The Labute approximate surface area is 117 Å². The van der Waals surface area contributed by atoms with Crippen LogP contribution in [0.1, 0.15) is 23.1 Å². The van der Waals surface area contributed by atoms with Crippen molar-refractivity contribution in [2.75, 3.05) is 26.4 Å². The van der Waals surface area contributed by atoms with Gasteiger partial charge in [-0.25, -0.2) is 4.98 Å². The third-order valence-electron chi connectivity index (χ3n) is 2.92. The highest BCUT2D eigenvalue weighted by Crippen LogP contribution is 2.13. The van der Waals surface area contributed by atoms with Gasteiger partial charge in [-0.05, 0) is 18.6 Å². The Balaban J connectivity index is 2.09. The van der Waals surface area contributed by atoms with Crippen molar-refractivity contribution >= 4 is 11.6 Å². The van der Waals surface area contributed by atoms with Crippen LogP contribution in [0.4, 0.5) is 0 Å². The number of hydrogen-bond donors (Lipinski definition) is 2. The summed E-state index contributed by atoms with van der Waals surface area (Å²) >= 11 is 0. The molecular weight excluding hydrogens is 258 g/mol. The number of amides is 1. The van der Waals surface area contributed by atoms with Crippen LogP contribution < -0.4 is 5.32 Å². The fraction of sp³-hybridized carbons (Fsp3) is 0.429. The molecule has 0 aromatic carbocycles. The Kier molecular flexibility index (Phi) is 5.09. The van der Waals surface area contributed by atoms with E-state index in [4.69, 9.17) is 9.84 Å². The second-order valence-corrected chi connectivity index (χ2v) is 4.28. The fourth-order valence-corrected chi connectivity index (χ4v) is 2.02. The maximum Gasteiger partial charge on any atom is 0.270 e. The van der Waals surface area contributed by atoms with Gasteiger partial charge in [-0.3, -0.25) is 9.20 Å². The van der Waals surface area contributed by atoms with E-state index in [2.05, 4.69) is 10.3 Å². The summed E-state index contributed by atoms with van der Waals surface area (Å²) in [5.41, 5.74) is 2.13. The lowest BCUT2D eigenvalue weighted by Crippen LogP contribution is -2.29. The van der Waals surface area contributed by atoms with Crippen molar-refractivity contribution < 1.29 is 14.6 Å². The highest BCUT2D eigenvalue weighted by molar-refractivity contribution is 5.94. The molecule has 2 aromatic rings. The van der Waals surface area contributed by atoms with Crippen LogP contribution in [0.25, 0.3) is 5.65 Å². The molecule has 2 N–H and O–H groups in total. The molecular formula is C14H19N3O3. The molecule has 0 saturated carbocycles. The van der Waals surface area contributed by atoms with Crippen molar-refractivity contribution in [3.05, 3.63) is 35.8 Å². The fourth-order valence-electron chi connectivity index (χ4n) is 2.02. The number of hydrogen-bond acceptors (Lipinski definition) is 4. The first-order valence-corrected chi connectivity index (χ1v) is 6.70. The summed E-state index contributed by atoms with van der Waals surface area (Å²) in [4.78, 5) is 16.7. The highest BCUT2D eigenvalue weighted by Gasteiger charge is 2.17. The lowest BCUT2D eigenvalue weighted by molar-refractivity contribution is 0.0834. The number of carbonyl (C=O) groups is 1. The first-order valence-electron chi connectivity index (χ1n) is 6.70. The predicted molar refractivity (Wildman–Crippen MR) is 74.8 cm³/mol. The van der Waals surface area contributed by atoms with Gasteiger partial charge >= 0.3 is 0 Å². The molecule has 2 heterocycles. The van der Waals surface area contributed by atoms with Crippen LogP contribution >= 0.6 is 0 Å². The quantitative estimate of drug-likeness (QED) is 0.728. The summed E-state index contributed by atoms with van der Waals surface area (Å²) < 4.78 is 6.90. The minimum Gasteiger partial charge on any atom is -0.394 e. The molecule has 20 heavy (non-hydrogen) atoms. The number of aliphatic hydroxyl groups excluding tert-OH is 1. The van der Waals surface area contributed by atoms with E-state index >= 15 is 0 Å². The Bertz CT molecular complexity index is 580. The molecule has 0 aliphatic carbocycles. The van der Waals surface area contributed by atoms with Crippen molar-refractivity contribution in [2.24, 2.45) is 0 Å². The number of rotatable bonds is 7. The van der Waals surface area contributed by atoms with Gasteiger partial charge in [-0.15, -0.1) is 0 Å². The van der Waals surface area contributed by atoms with Gasteiger partial charge < -0.3 is 15.2 Å². The molecule has 0 fully saturated rings. The average Bonchev–Trinajstić information content (AvgIpc) is 2.85. The second-order valence-electron chi connectivity index (χ2n) is 4.28. The normalized spacial score (nSPS) is 10.9. The third-order valence-corrected chi connectivity index (χ3v) is 2.92. The van der Waals surface area contributed by atoms with Crippen LogP contribution in [0.15, 0.2) is 24.4 Å². The van der Waals surface area contributed by atoms with Crippen molar-refractivity contribution in [2.45, 2.75) is 13.3 Å². The maximum atomic E-state index is 12.3. The number of carbonyl (C=O) groups excluding carboxylic acids is 1. The first-order chi connectivity index (χ1) is 9.77. The number of pyridine rings is 1. The van der Waals surface area contributed by atoms with E-state index in [1.54, 1.807) is 4.40 Å². The minimum atomic E-state index is -0.159. The zero-order valence-corrected chi connectivity index (χ0v) is 11.5. The Morgan fingerprint density at radius 2 is 2.30 bits per heavy atom. The molecule has 108 valence electrons. The number of nitrogens with one attached hydrogen (secondary N) is 1. The number of nitrogens with zero attached hydrogens (tertiary/aromatic N) is 2. The highest BCUT2D eigenvalue weighted by atomic mass is 16.5. The van der Waals surface area contributed by atoms with Crippen molar-refractivity contribution in [3.8, 4) is 0 Å². The number of imidazole rings is 1. The Morgan fingerprint density at radius 3 is 3.05 bits per heavy atom. The predicted octanol–water partition coefficient (Wildman–Crippen LogP) is 0.635. The van der Waals surface area contributed by atoms with Gasteiger partial charge in [0.2, 0.25) is 0 Å². The molecule has 0 atom stereocenters. The largest absolute Gasteiger partial charge is 0.394 e. The summed E-state index contributed by atoms with van der Waals surface area (Å²) in [5, 5.41) is 11.4. The number of fused-ring (bicyclic) bond motifs is 1. The molecule has 2 rings (SSSR count). The molecule has 0 aliphatic heterocycles. The molecule has 0 spiro atoms. The summed E-state index contributed by atoms with van der Waals surface area (Å²) in [6.07, 6.45) is 2.53. The van der Waals surface area contributed by atoms with Gasteiger partial charge in [0.1, 0.15) is 11.3 Å². The molecule has 0 aliphatic rings. The molecule has 0 radical (unpaired) electrons. The minimum absolute atomic E-state index is 0.0127. The Hall–Kier alpha value is -1.92. The zero-order chi connectivity index (χ0) is 14.4. The van der Waals surface area contributed by atoms with E-state index in [9.17, 15) is 4.79 Å². The second kappa shape index (κ2) is 7.02. The van der Waals surface area contributed by atoms with Gasteiger partial charge in [-0.2, -0.15) is 0 Å². The van der Waals surface area contributed by atoms with E-state index in [1.165, 1.54) is 0 Å². The molecule has 0 unspecified atom stereocenters. The number of aliphatic hydroxyl groups is 1. The van der Waals surface area contributed by atoms with Crippen LogP contribution in [0.3, 0.4) is 0 Å². The van der Waals surface area contributed by atoms with Gasteiger partial charge in [-0.1, -0.05) is 13.0 Å². The van der Waals surface area contributed by atoms with Crippen LogP contribution in [-0.2, 0) is 11.2 Å². The zero-order valence-electron chi connectivity index (χ0n) is 11.5. The number of ether oxygens (including phenoxy) is 1. The van der Waals surface area contributed by atoms with Crippen LogP contribution in [-0.4, -0.2) is 46.8 Å². The van der Waals surface area contributed by atoms with Crippen molar-refractivity contribution in [1.29, 1.82) is 0 Å². The lowest BCUT2D eigenvalue weighted by Gasteiger charge is -2.06. The summed E-state index contributed by atoms with van der Waals surface area (Å²) in [6, 6.07) is 5.64. The molecule has 6 heteroatoms. The van der Waals surface area contributed by atoms with Crippen molar-refractivity contribution in [1.82, 2.24) is 14.7 Å². The Morgan fingerprint density at radius 1 is 1.45 bits per heavy atom. The van der Waals surface area contributed by atoms with E-state index in [1.807, 2.05) is 31.3 Å². The van der Waals surface area contributed by atoms with Gasteiger partial charge in [0.15, 0.2) is 0 Å². The van der Waals surface area contributed by atoms with Crippen LogP contribution in [0.5, 0.6) is 0 Å². The van der Waals surface area contributed by atoms with E-state index in [-0.39, 0.29) is 19.1 Å². The van der Waals surface area contributed by atoms with Gasteiger partial charge in [0, 0.05) is 12.7 Å². The topological polar surface area (TPSA) is 75.9 Å². The summed E-state index contributed by atoms with van der Waals surface area (Å²) in [5.74, 6) is -0.159. The molecule has 2 aromatic heterocycles. The molecule has 1 amide bonds. The van der Waals surface area contributed by atoms with E-state index < -0.39 is 0 Å². The molecule has 0 saturated heterocycles. The smallest absolute Gasteiger partial charge is 0.270 e. The number of aryl methyl sites for hydroxylation is 1. The van der Waals surface area contributed by atoms with Crippen LogP contribution in [0.2, 0.25) is 0 Å². The number of aromatic nitrogens is 2. The first kappa shape index (κ1) is 14.5. The lowest BCUT2D eigenvalue weighted by atomic mass is 10.2. The van der Waals surface area contributed by atoms with E-state index in [0.717, 1.165) is 11.3 Å². The van der Waals surface area contributed by atoms with Gasteiger partial charge in [0.05, 0.1) is 25.5 Å². The van der Waals surface area contributed by atoms with Crippen LogP contribution in [0, 0.1) is 0 Å². The molecule has 6 nitrogen and oxygen atoms in total. The maximum absolute atomic E-state index is 12.3. The molecule has 0 bridgehead atoms. The standard InChI is InChI=1S/C14H19N3O3/c1-2-11-13(14(19)15-6-9-20-10-8-18)17-7-4-3-5-12(17)16-11/h3-5,7,18H,2,6,8-10H2,1H3,(H,15,19). The average molecular weight is 277 g/mol. The third kappa shape index (κ3) is 3.15.